The first-order valence-corrected chi connectivity index (χ1v) is 28.8. The summed E-state index contributed by atoms with van der Waals surface area (Å²) in [5.41, 5.74) is 21.2. The molecule has 0 spiro atoms. The molecule has 0 saturated heterocycles. The normalized spacial score (nSPS) is 13.6. The molecule has 0 N–H and O–H groups in total. The molecule has 12 aromatic carbocycles. The maximum atomic E-state index is 2.65. The molecule has 1 aliphatic carbocycles. The zero-order valence-corrected chi connectivity index (χ0v) is 44.4. The number of anilines is 9. The summed E-state index contributed by atoms with van der Waals surface area (Å²) in [5, 5.41) is 5.09. The predicted octanol–water partition coefficient (Wildman–Crippen LogP) is 18.3. The van der Waals surface area contributed by atoms with Gasteiger partial charge >= 0.3 is 0 Å². The first kappa shape index (κ1) is 44.7. The van der Waals surface area contributed by atoms with E-state index < -0.39 is 5.41 Å². The van der Waals surface area contributed by atoms with E-state index in [-0.39, 0.29) is 6.71 Å². The van der Waals surface area contributed by atoms with Crippen LogP contribution < -0.4 is 31.1 Å². The van der Waals surface area contributed by atoms with Crippen molar-refractivity contribution < 1.29 is 0 Å². The molecule has 14 aromatic rings. The Labute approximate surface area is 466 Å². The monoisotopic (exact) mass is 1040 g/mol. The van der Waals surface area contributed by atoms with Crippen LogP contribution in [0.2, 0.25) is 0 Å². The largest absolute Gasteiger partial charge is 0.311 e. The molecule has 0 unspecified atom stereocenters. The van der Waals surface area contributed by atoms with Gasteiger partial charge in [0.25, 0.3) is 6.71 Å². The second-order valence-electron chi connectivity index (χ2n) is 21.0. The van der Waals surface area contributed by atoms with E-state index >= 15 is 0 Å². The second-order valence-corrected chi connectivity index (χ2v) is 23.2. The second kappa shape index (κ2) is 17.3. The Hall–Kier alpha value is -9.46. The minimum Gasteiger partial charge on any atom is -0.311 e. The average Bonchev–Trinajstić information content (AvgIpc) is 2.99. The van der Waals surface area contributed by atoms with Crippen LogP contribution in [0.15, 0.2) is 279 Å². The fraction of sp³-hybridized carbons (Fsp3) is 0.0137. The molecular weight excluding hydrogens is 994 g/mol. The standard InChI is InChI=1S/C73H46BN3S2/c1-6-23-47(24-7-1)73(48-25-8-2-9-26-48)56-36-19-16-33-53(56)67-57(73)41-42-58-71(67)76(50-29-12-4-13-30-50)61-45-52(75(49-27-10-3-11-28-49)60-37-22-40-65-68(60)54-34-17-20-38-63(54)78-65)46-62-70(61)74(58)59-43-44-66-69(55-35-18-21-39-64(55)79-66)72(59)77(62)51-31-14-5-15-32-51/h1-46H. The van der Waals surface area contributed by atoms with Crippen LogP contribution in [-0.2, 0) is 5.41 Å². The summed E-state index contributed by atoms with van der Waals surface area (Å²) in [6.45, 7) is -0.137. The number of para-hydroxylation sites is 3. The Morgan fingerprint density at radius 1 is 0.367 bits per heavy atom. The number of thiophene rings is 2. The molecule has 3 nitrogen and oxygen atoms in total. The molecule has 3 aliphatic rings. The molecule has 17 rings (SSSR count). The molecule has 0 radical (unpaired) electrons. The van der Waals surface area contributed by atoms with Gasteiger partial charge in [0.15, 0.2) is 0 Å². The van der Waals surface area contributed by atoms with Crippen molar-refractivity contribution in [1.29, 1.82) is 0 Å². The average molecular weight is 1040 g/mol. The molecule has 2 aliphatic heterocycles. The molecule has 368 valence electrons. The lowest BCUT2D eigenvalue weighted by molar-refractivity contribution is 0.768. The summed E-state index contributed by atoms with van der Waals surface area (Å²) in [7, 11) is 0. The van der Waals surface area contributed by atoms with Crippen LogP contribution >= 0.6 is 22.7 Å². The number of benzene rings is 12. The molecule has 0 amide bonds. The summed E-state index contributed by atoms with van der Waals surface area (Å²) in [5.74, 6) is 0. The Bertz CT molecular complexity index is 4710. The third-order valence-electron chi connectivity index (χ3n) is 17.1. The summed E-state index contributed by atoms with van der Waals surface area (Å²) in [6, 6.07) is 105. The molecule has 4 heterocycles. The lowest BCUT2D eigenvalue weighted by atomic mass is 9.33. The van der Waals surface area contributed by atoms with E-state index in [1.54, 1.807) is 0 Å². The fourth-order valence-corrected chi connectivity index (χ4v) is 16.3. The molecule has 2 aromatic heterocycles. The van der Waals surface area contributed by atoms with Crippen LogP contribution in [-0.4, -0.2) is 6.71 Å². The quantitative estimate of drug-likeness (QED) is 0.147. The van der Waals surface area contributed by atoms with Gasteiger partial charge in [-0.05, 0) is 123 Å². The minimum atomic E-state index is -0.596. The van der Waals surface area contributed by atoms with E-state index in [1.165, 1.54) is 101 Å². The summed E-state index contributed by atoms with van der Waals surface area (Å²) < 4.78 is 5.11. The van der Waals surface area contributed by atoms with E-state index in [0.717, 1.165) is 39.8 Å². The molecule has 79 heavy (non-hydrogen) atoms. The molecule has 0 saturated carbocycles. The first-order valence-electron chi connectivity index (χ1n) is 27.2. The third-order valence-corrected chi connectivity index (χ3v) is 19.3. The number of nitrogens with zero attached hydrogens (tertiary/aromatic N) is 3. The van der Waals surface area contributed by atoms with Crippen LogP contribution in [0, 0.1) is 0 Å². The van der Waals surface area contributed by atoms with Gasteiger partial charge in [-0.2, -0.15) is 0 Å². The topological polar surface area (TPSA) is 9.72 Å². The smallest absolute Gasteiger partial charge is 0.252 e. The SMILES string of the molecule is c1ccc(N2c3cc(N(c4ccccc4)c4cccc5sc6ccccc6c45)cc4c3B(c3ccc5c(c32)-c2ccccc2C5(c2ccccc2)c2ccccc2)c2ccc3sc5ccccc5c3c2N4c2ccccc2)cc1. The number of rotatable bonds is 7. The summed E-state index contributed by atoms with van der Waals surface area (Å²) >= 11 is 3.76. The Kier molecular flexibility index (Phi) is 9.76. The van der Waals surface area contributed by atoms with Crippen molar-refractivity contribution in [3.05, 3.63) is 301 Å². The fourth-order valence-electron chi connectivity index (χ4n) is 14.1. The van der Waals surface area contributed by atoms with Gasteiger partial charge in [0.1, 0.15) is 0 Å². The Balaban J connectivity index is 1.06. The van der Waals surface area contributed by atoms with Crippen LogP contribution in [0.5, 0.6) is 0 Å². The van der Waals surface area contributed by atoms with Crippen molar-refractivity contribution in [1.82, 2.24) is 0 Å². The zero-order valence-electron chi connectivity index (χ0n) is 42.8. The van der Waals surface area contributed by atoms with Crippen LogP contribution in [0.1, 0.15) is 22.3 Å². The minimum absolute atomic E-state index is 0.137. The highest BCUT2D eigenvalue weighted by molar-refractivity contribution is 7.26. The molecule has 0 bridgehead atoms. The van der Waals surface area contributed by atoms with Crippen molar-refractivity contribution >= 4 is 137 Å². The highest BCUT2D eigenvalue weighted by atomic mass is 32.1. The van der Waals surface area contributed by atoms with E-state index in [9.17, 15) is 0 Å². The van der Waals surface area contributed by atoms with Gasteiger partial charge in [0.05, 0.1) is 22.5 Å². The van der Waals surface area contributed by atoms with Crippen molar-refractivity contribution in [3.63, 3.8) is 0 Å². The van der Waals surface area contributed by atoms with Crippen molar-refractivity contribution in [3.8, 4) is 11.1 Å². The molecule has 6 heteroatoms. The lowest BCUT2D eigenvalue weighted by Crippen LogP contribution is -2.61. The first-order chi connectivity index (χ1) is 39.2. The number of hydrogen-bond donors (Lipinski definition) is 0. The van der Waals surface area contributed by atoms with Crippen molar-refractivity contribution in [2.75, 3.05) is 14.7 Å². The molecule has 0 fully saturated rings. The van der Waals surface area contributed by atoms with E-state index in [0.29, 0.717) is 0 Å². The van der Waals surface area contributed by atoms with E-state index in [2.05, 4.69) is 294 Å². The summed E-state index contributed by atoms with van der Waals surface area (Å²) in [6.07, 6.45) is 0. The van der Waals surface area contributed by atoms with E-state index in [4.69, 9.17) is 0 Å². The van der Waals surface area contributed by atoms with Crippen molar-refractivity contribution in [2.45, 2.75) is 5.41 Å². The van der Waals surface area contributed by atoms with Gasteiger partial charge in [-0.3, -0.25) is 0 Å². The molecular formula is C73H46BN3S2. The van der Waals surface area contributed by atoms with E-state index in [1.807, 2.05) is 22.7 Å². The highest BCUT2D eigenvalue weighted by Gasteiger charge is 2.51. The van der Waals surface area contributed by atoms with Gasteiger partial charge in [-0.1, -0.05) is 200 Å². The maximum Gasteiger partial charge on any atom is 0.252 e. The number of hydrogen-bond acceptors (Lipinski definition) is 5. The Morgan fingerprint density at radius 2 is 0.861 bits per heavy atom. The van der Waals surface area contributed by atoms with Crippen molar-refractivity contribution in [2.24, 2.45) is 0 Å². The zero-order chi connectivity index (χ0) is 51.8. The predicted molar refractivity (Wildman–Crippen MR) is 338 cm³/mol. The lowest BCUT2D eigenvalue weighted by Gasteiger charge is -2.46. The van der Waals surface area contributed by atoms with Gasteiger partial charge in [-0.25, -0.2) is 0 Å². The Morgan fingerprint density at radius 3 is 1.51 bits per heavy atom. The van der Waals surface area contributed by atoms with Crippen LogP contribution in [0.25, 0.3) is 51.5 Å². The van der Waals surface area contributed by atoms with Gasteiger partial charge in [0.2, 0.25) is 0 Å². The maximum absolute atomic E-state index is 2.65. The third kappa shape index (κ3) is 6.30. The highest BCUT2D eigenvalue weighted by Crippen LogP contribution is 2.61. The molecule has 0 atom stereocenters. The van der Waals surface area contributed by atoms with Crippen LogP contribution in [0.4, 0.5) is 51.2 Å². The summed E-state index contributed by atoms with van der Waals surface area (Å²) in [4.78, 5) is 7.80. The number of fused-ring (bicyclic) bond motifs is 15. The van der Waals surface area contributed by atoms with Crippen LogP contribution in [0.3, 0.4) is 0 Å². The van der Waals surface area contributed by atoms with Gasteiger partial charge in [0, 0.05) is 80.0 Å². The van der Waals surface area contributed by atoms with Gasteiger partial charge in [-0.15, -0.1) is 22.7 Å². The van der Waals surface area contributed by atoms with Gasteiger partial charge < -0.3 is 14.7 Å².